The van der Waals surface area contributed by atoms with Gasteiger partial charge in [0.05, 0.1) is 17.3 Å². The number of nitrogens with one attached hydrogen (secondary N) is 1. The Morgan fingerprint density at radius 3 is 2.40 bits per heavy atom. The van der Waals surface area contributed by atoms with Crippen LogP contribution in [0.15, 0.2) is 75.2 Å². The lowest BCUT2D eigenvalue weighted by Crippen LogP contribution is -2.54. The minimum Gasteiger partial charge on any atom is -0.508 e. The van der Waals surface area contributed by atoms with E-state index in [0.29, 0.717) is 21.5 Å². The van der Waals surface area contributed by atoms with E-state index in [-0.39, 0.29) is 23.6 Å². The molecule has 0 atom stereocenters. The van der Waals surface area contributed by atoms with Gasteiger partial charge in [-0.2, -0.15) is 0 Å². The molecule has 0 radical (unpaired) electrons. The summed E-state index contributed by atoms with van der Waals surface area (Å²) in [6, 6.07) is 15.5. The number of urea groups is 1. The number of methoxy groups -OCH3 is 1. The summed E-state index contributed by atoms with van der Waals surface area (Å²) in [6.07, 6.45) is 1.36. The number of barbiturate groups is 1. The van der Waals surface area contributed by atoms with Gasteiger partial charge >= 0.3 is 6.03 Å². The molecule has 4 rings (SSSR count). The molecule has 4 amide bonds. The molecule has 0 aromatic heterocycles. The fraction of sp³-hybridized carbons (Fsp3) is 0.0800. The largest absolute Gasteiger partial charge is 0.508 e. The molecule has 3 aromatic carbocycles. The Bertz CT molecular complexity index is 1350. The number of amides is 4. The first-order valence-corrected chi connectivity index (χ1v) is 11.8. The van der Waals surface area contributed by atoms with Crippen LogP contribution in [0.3, 0.4) is 0 Å². The van der Waals surface area contributed by atoms with Crippen LogP contribution in [-0.4, -0.2) is 30.1 Å². The first-order chi connectivity index (χ1) is 16.8. The van der Waals surface area contributed by atoms with Crippen molar-refractivity contribution in [2.75, 3.05) is 12.0 Å². The number of carbonyl (C=O) groups excluding carboxylic acids is 3. The van der Waals surface area contributed by atoms with Crippen LogP contribution in [0.2, 0.25) is 0 Å². The summed E-state index contributed by atoms with van der Waals surface area (Å²) in [7, 11) is 1.48. The second-order valence-corrected chi connectivity index (χ2v) is 9.10. The molecule has 0 unspecified atom stereocenters. The molecule has 2 N–H and O–H groups in total. The van der Waals surface area contributed by atoms with Gasteiger partial charge in [-0.05, 0) is 70.0 Å². The van der Waals surface area contributed by atoms with Crippen LogP contribution in [0, 0.1) is 0 Å². The Balaban J connectivity index is 1.64. The smallest absolute Gasteiger partial charge is 0.335 e. The van der Waals surface area contributed by atoms with Crippen molar-refractivity contribution in [3.63, 3.8) is 0 Å². The van der Waals surface area contributed by atoms with Crippen LogP contribution in [0.1, 0.15) is 11.1 Å². The third-order valence-electron chi connectivity index (χ3n) is 5.10. The average molecular weight is 602 g/mol. The van der Waals surface area contributed by atoms with Gasteiger partial charge in [0, 0.05) is 10.0 Å². The van der Waals surface area contributed by atoms with Gasteiger partial charge in [0.2, 0.25) is 0 Å². The molecular weight excluding hydrogens is 584 g/mol. The van der Waals surface area contributed by atoms with Crippen molar-refractivity contribution < 1.29 is 29.0 Å². The first kappa shape index (κ1) is 24.5. The summed E-state index contributed by atoms with van der Waals surface area (Å²) in [5.74, 6) is -0.809. The van der Waals surface area contributed by atoms with Crippen LogP contribution in [-0.2, 0) is 16.2 Å². The van der Waals surface area contributed by atoms with E-state index in [4.69, 9.17) is 9.47 Å². The zero-order chi connectivity index (χ0) is 25.1. The minimum atomic E-state index is -0.877. The van der Waals surface area contributed by atoms with E-state index in [1.807, 2.05) is 24.3 Å². The number of carbonyl (C=O) groups is 3. The number of aromatic hydroxyl groups is 1. The molecular formula is C25H18Br2N2O6. The number of hydrogen-bond donors (Lipinski definition) is 2. The number of imide groups is 2. The van der Waals surface area contributed by atoms with Gasteiger partial charge in [-0.25, -0.2) is 9.69 Å². The second-order valence-electron chi connectivity index (χ2n) is 7.39. The number of nitrogens with zero attached hydrogens (tertiary/aromatic N) is 1. The monoisotopic (exact) mass is 600 g/mol. The Kier molecular flexibility index (Phi) is 7.23. The van der Waals surface area contributed by atoms with Gasteiger partial charge in [-0.3, -0.25) is 14.9 Å². The number of hydrogen-bond acceptors (Lipinski definition) is 6. The highest BCUT2D eigenvalue weighted by atomic mass is 79.9. The highest BCUT2D eigenvalue weighted by molar-refractivity contribution is 9.10. The van der Waals surface area contributed by atoms with Crippen molar-refractivity contribution in [2.45, 2.75) is 6.61 Å². The molecule has 35 heavy (non-hydrogen) atoms. The lowest BCUT2D eigenvalue weighted by atomic mass is 10.1. The van der Waals surface area contributed by atoms with E-state index >= 15 is 0 Å². The predicted molar refractivity (Wildman–Crippen MR) is 136 cm³/mol. The molecule has 0 saturated carbocycles. The zero-order valence-electron chi connectivity index (χ0n) is 18.2. The van der Waals surface area contributed by atoms with Gasteiger partial charge in [0.15, 0.2) is 11.5 Å². The fourth-order valence-corrected chi connectivity index (χ4v) is 4.36. The van der Waals surface area contributed by atoms with Gasteiger partial charge in [-0.1, -0.05) is 34.1 Å². The van der Waals surface area contributed by atoms with Crippen molar-refractivity contribution >= 4 is 61.5 Å². The quantitative estimate of drug-likeness (QED) is 0.298. The minimum absolute atomic E-state index is 0.0238. The van der Waals surface area contributed by atoms with Crippen molar-refractivity contribution in [1.29, 1.82) is 0 Å². The van der Waals surface area contributed by atoms with Crippen LogP contribution in [0.4, 0.5) is 10.5 Å². The van der Waals surface area contributed by atoms with Crippen molar-refractivity contribution in [1.82, 2.24) is 5.32 Å². The lowest BCUT2D eigenvalue weighted by molar-refractivity contribution is -0.122. The summed E-state index contributed by atoms with van der Waals surface area (Å²) in [5.41, 5.74) is 1.38. The maximum absolute atomic E-state index is 13.1. The number of phenols is 1. The van der Waals surface area contributed by atoms with Crippen LogP contribution >= 0.6 is 31.9 Å². The molecule has 8 nitrogen and oxygen atoms in total. The maximum Gasteiger partial charge on any atom is 0.335 e. The van der Waals surface area contributed by atoms with Crippen LogP contribution in [0.5, 0.6) is 17.2 Å². The highest BCUT2D eigenvalue weighted by Crippen LogP contribution is 2.38. The molecule has 0 spiro atoms. The van der Waals surface area contributed by atoms with Crippen LogP contribution < -0.4 is 19.7 Å². The average Bonchev–Trinajstić information content (AvgIpc) is 2.83. The third kappa shape index (κ3) is 5.23. The predicted octanol–water partition coefficient (Wildman–Crippen LogP) is 5.17. The number of anilines is 1. The van der Waals surface area contributed by atoms with E-state index in [0.717, 1.165) is 14.9 Å². The fourth-order valence-electron chi connectivity index (χ4n) is 3.39. The SMILES string of the molecule is COc1cc(/C=C2\C(=O)NC(=O)N(c3ccc(O)cc3)C2=O)cc(Br)c1OCc1ccccc1Br. The van der Waals surface area contributed by atoms with Gasteiger partial charge in [-0.15, -0.1) is 0 Å². The van der Waals surface area contributed by atoms with Crippen molar-refractivity contribution in [2.24, 2.45) is 0 Å². The summed E-state index contributed by atoms with van der Waals surface area (Å²) in [5, 5.41) is 11.7. The van der Waals surface area contributed by atoms with E-state index in [1.165, 1.54) is 37.5 Å². The summed E-state index contributed by atoms with van der Waals surface area (Å²) in [4.78, 5) is 38.7. The molecule has 1 heterocycles. The molecule has 10 heteroatoms. The Labute approximate surface area is 217 Å². The van der Waals surface area contributed by atoms with Gasteiger partial charge < -0.3 is 14.6 Å². The van der Waals surface area contributed by atoms with Gasteiger partial charge in [0.25, 0.3) is 11.8 Å². The lowest BCUT2D eigenvalue weighted by Gasteiger charge is -2.26. The molecule has 0 bridgehead atoms. The van der Waals surface area contributed by atoms with Crippen molar-refractivity contribution in [3.8, 4) is 17.2 Å². The number of benzene rings is 3. The first-order valence-electron chi connectivity index (χ1n) is 10.2. The molecule has 1 aliphatic rings. The molecule has 178 valence electrons. The van der Waals surface area contributed by atoms with E-state index in [2.05, 4.69) is 37.2 Å². The highest BCUT2D eigenvalue weighted by Gasteiger charge is 2.36. The van der Waals surface area contributed by atoms with Crippen LogP contribution in [0.25, 0.3) is 6.08 Å². The number of phenolic OH excluding ortho intramolecular Hbond substituents is 1. The molecule has 1 fully saturated rings. The van der Waals surface area contributed by atoms with E-state index in [1.54, 1.807) is 12.1 Å². The van der Waals surface area contributed by atoms with E-state index < -0.39 is 17.8 Å². The standard InChI is InChI=1S/C25H18Br2N2O6/c1-34-21-12-14(11-20(27)22(21)35-13-15-4-2-3-5-19(15)26)10-18-23(31)28-25(33)29(24(18)32)16-6-8-17(30)9-7-16/h2-12,30H,13H2,1H3,(H,28,31,33)/b18-10+. The molecule has 3 aromatic rings. The third-order valence-corrected chi connectivity index (χ3v) is 6.46. The topological polar surface area (TPSA) is 105 Å². The summed E-state index contributed by atoms with van der Waals surface area (Å²) >= 11 is 6.96. The molecule has 0 aliphatic carbocycles. The molecule has 1 saturated heterocycles. The Morgan fingerprint density at radius 1 is 1.00 bits per heavy atom. The number of ether oxygens (including phenoxy) is 2. The van der Waals surface area contributed by atoms with E-state index in [9.17, 15) is 19.5 Å². The van der Waals surface area contributed by atoms with Gasteiger partial charge in [0.1, 0.15) is 17.9 Å². The second kappa shape index (κ2) is 10.3. The maximum atomic E-state index is 13.1. The number of rotatable bonds is 6. The Morgan fingerprint density at radius 2 is 1.71 bits per heavy atom. The summed E-state index contributed by atoms with van der Waals surface area (Å²) in [6.45, 7) is 0.279. The summed E-state index contributed by atoms with van der Waals surface area (Å²) < 4.78 is 12.9. The number of halogens is 2. The normalized spacial score (nSPS) is 14.8. The Hall–Kier alpha value is -3.63. The van der Waals surface area contributed by atoms with Crippen molar-refractivity contribution in [3.05, 3.63) is 86.3 Å². The molecule has 1 aliphatic heterocycles. The zero-order valence-corrected chi connectivity index (χ0v) is 21.4.